The van der Waals surface area contributed by atoms with E-state index in [1.807, 2.05) is 4.57 Å². The first kappa shape index (κ1) is 22.5. The quantitative estimate of drug-likeness (QED) is 0.701. The Kier molecular flexibility index (Phi) is 6.45. The summed E-state index contributed by atoms with van der Waals surface area (Å²) in [5.74, 6) is 0.442. The molecular formula is C25H38N4O2S. The number of aryl methyl sites for hydroxylation is 1. The molecule has 32 heavy (non-hydrogen) atoms. The molecule has 0 N–H and O–H groups in total. The van der Waals surface area contributed by atoms with Crippen LogP contribution in [0.1, 0.15) is 57.4 Å². The summed E-state index contributed by atoms with van der Waals surface area (Å²) in [4.78, 5) is 25.5. The zero-order valence-corrected chi connectivity index (χ0v) is 20.9. The molecule has 0 spiro atoms. The maximum absolute atomic E-state index is 13.1. The average Bonchev–Trinajstić information content (AvgIpc) is 3.13. The third-order valence-electron chi connectivity index (χ3n) is 7.55. The SMILES string of the molecule is CC(C)Cn1cnc2sc3c(c2c1=O)CCC(N1CCC(N2C[C@@H](C)O[C@@H](C)C2)CC1)C3. The molecule has 1 aliphatic carbocycles. The first-order valence-corrected chi connectivity index (χ1v) is 13.3. The molecule has 0 saturated carbocycles. The van der Waals surface area contributed by atoms with Crippen LogP contribution in [0.25, 0.3) is 10.2 Å². The van der Waals surface area contributed by atoms with E-state index in [2.05, 4.69) is 42.5 Å². The Labute approximate surface area is 195 Å². The van der Waals surface area contributed by atoms with Gasteiger partial charge in [-0.15, -0.1) is 11.3 Å². The number of nitrogens with zero attached hydrogens (tertiary/aromatic N) is 4. The van der Waals surface area contributed by atoms with Gasteiger partial charge in [-0.2, -0.15) is 0 Å². The number of ether oxygens (including phenoxy) is 1. The largest absolute Gasteiger partial charge is 0.373 e. The van der Waals surface area contributed by atoms with Gasteiger partial charge in [-0.1, -0.05) is 13.8 Å². The Bertz CT molecular complexity index is 997. The molecule has 4 heterocycles. The number of aromatic nitrogens is 2. The Morgan fingerprint density at radius 1 is 1.09 bits per heavy atom. The van der Waals surface area contributed by atoms with Crippen molar-refractivity contribution in [3.63, 3.8) is 0 Å². The van der Waals surface area contributed by atoms with Crippen molar-refractivity contribution in [1.82, 2.24) is 19.4 Å². The average molecular weight is 459 g/mol. The van der Waals surface area contributed by atoms with Crippen LogP contribution in [-0.2, 0) is 24.1 Å². The minimum Gasteiger partial charge on any atom is -0.373 e. The van der Waals surface area contributed by atoms with E-state index in [1.165, 1.54) is 36.4 Å². The van der Waals surface area contributed by atoms with Gasteiger partial charge in [-0.25, -0.2) is 4.98 Å². The van der Waals surface area contributed by atoms with Gasteiger partial charge in [0.25, 0.3) is 5.56 Å². The van der Waals surface area contributed by atoms with Gasteiger partial charge < -0.3 is 4.74 Å². The molecule has 7 heteroatoms. The molecule has 5 rings (SSSR count). The number of morpholine rings is 1. The summed E-state index contributed by atoms with van der Waals surface area (Å²) in [7, 11) is 0. The molecule has 0 amide bonds. The highest BCUT2D eigenvalue weighted by Gasteiger charge is 2.34. The van der Waals surface area contributed by atoms with Crippen molar-refractivity contribution in [2.45, 2.75) is 90.6 Å². The Morgan fingerprint density at radius 2 is 1.81 bits per heavy atom. The molecule has 2 aliphatic heterocycles. The lowest BCUT2D eigenvalue weighted by molar-refractivity contribution is -0.0875. The molecule has 3 atom stereocenters. The monoisotopic (exact) mass is 458 g/mol. The predicted octanol–water partition coefficient (Wildman–Crippen LogP) is 3.54. The molecule has 0 aromatic carbocycles. The fourth-order valence-corrected chi connectivity index (χ4v) is 7.40. The van der Waals surface area contributed by atoms with Crippen molar-refractivity contribution >= 4 is 21.6 Å². The maximum Gasteiger partial charge on any atom is 0.262 e. The number of hydrogen-bond acceptors (Lipinski definition) is 6. The van der Waals surface area contributed by atoms with Gasteiger partial charge in [-0.05, 0) is 70.5 Å². The van der Waals surface area contributed by atoms with E-state index >= 15 is 0 Å². The normalized spacial score (nSPS) is 28.5. The van der Waals surface area contributed by atoms with E-state index in [0.717, 1.165) is 49.1 Å². The van der Waals surface area contributed by atoms with Gasteiger partial charge in [0.15, 0.2) is 0 Å². The summed E-state index contributed by atoms with van der Waals surface area (Å²) in [6.45, 7) is 14.0. The van der Waals surface area contributed by atoms with Crippen LogP contribution < -0.4 is 5.56 Å². The minimum absolute atomic E-state index is 0.162. The molecule has 0 bridgehead atoms. The summed E-state index contributed by atoms with van der Waals surface area (Å²) >= 11 is 1.76. The Morgan fingerprint density at radius 3 is 2.50 bits per heavy atom. The van der Waals surface area contributed by atoms with Crippen LogP contribution >= 0.6 is 11.3 Å². The van der Waals surface area contributed by atoms with Crippen LogP contribution in [0, 0.1) is 5.92 Å². The van der Waals surface area contributed by atoms with Crippen molar-refractivity contribution in [1.29, 1.82) is 0 Å². The summed E-state index contributed by atoms with van der Waals surface area (Å²) < 4.78 is 7.75. The fourth-order valence-electron chi connectivity index (χ4n) is 6.15. The first-order valence-electron chi connectivity index (χ1n) is 12.5. The van der Waals surface area contributed by atoms with E-state index in [0.29, 0.717) is 30.2 Å². The number of rotatable bonds is 4. The summed E-state index contributed by atoms with van der Waals surface area (Å²) in [6.07, 6.45) is 8.22. The van der Waals surface area contributed by atoms with E-state index in [4.69, 9.17) is 4.74 Å². The van der Waals surface area contributed by atoms with E-state index in [9.17, 15) is 4.79 Å². The van der Waals surface area contributed by atoms with Crippen molar-refractivity contribution < 1.29 is 4.74 Å². The molecule has 176 valence electrons. The lowest BCUT2D eigenvalue weighted by atomic mass is 9.90. The maximum atomic E-state index is 13.1. The van der Waals surface area contributed by atoms with Gasteiger partial charge in [0.1, 0.15) is 4.83 Å². The zero-order valence-electron chi connectivity index (χ0n) is 20.0. The van der Waals surface area contributed by atoms with Crippen molar-refractivity contribution in [3.8, 4) is 0 Å². The Hall–Kier alpha value is -1.28. The molecule has 6 nitrogen and oxygen atoms in total. The summed E-state index contributed by atoms with van der Waals surface area (Å²) in [5, 5.41) is 0.904. The fraction of sp³-hybridized carbons (Fsp3) is 0.760. The molecular weight excluding hydrogens is 420 g/mol. The third-order valence-corrected chi connectivity index (χ3v) is 8.71. The number of hydrogen-bond donors (Lipinski definition) is 0. The molecule has 3 aliphatic rings. The topological polar surface area (TPSA) is 50.6 Å². The van der Waals surface area contributed by atoms with Crippen molar-refractivity contribution in [2.24, 2.45) is 5.92 Å². The highest BCUT2D eigenvalue weighted by atomic mass is 32.1. The molecule has 1 unspecified atom stereocenters. The molecule has 0 radical (unpaired) electrons. The van der Waals surface area contributed by atoms with Gasteiger partial charge in [0.2, 0.25) is 0 Å². The van der Waals surface area contributed by atoms with E-state index in [1.54, 1.807) is 17.7 Å². The van der Waals surface area contributed by atoms with Gasteiger partial charge >= 0.3 is 0 Å². The van der Waals surface area contributed by atoms with E-state index in [-0.39, 0.29) is 5.56 Å². The van der Waals surface area contributed by atoms with E-state index < -0.39 is 0 Å². The second kappa shape index (κ2) is 9.16. The van der Waals surface area contributed by atoms with Gasteiger partial charge in [0, 0.05) is 36.6 Å². The highest BCUT2D eigenvalue weighted by molar-refractivity contribution is 7.18. The molecule has 2 fully saturated rings. The molecule has 2 aromatic heterocycles. The zero-order chi connectivity index (χ0) is 22.4. The van der Waals surface area contributed by atoms with Crippen molar-refractivity contribution in [2.75, 3.05) is 26.2 Å². The molecule has 2 aromatic rings. The Balaban J connectivity index is 1.26. The van der Waals surface area contributed by atoms with Crippen LogP contribution in [-0.4, -0.2) is 69.8 Å². The van der Waals surface area contributed by atoms with Crippen LogP contribution in [0.5, 0.6) is 0 Å². The summed E-state index contributed by atoms with van der Waals surface area (Å²) in [6, 6.07) is 1.31. The van der Waals surface area contributed by atoms with Crippen molar-refractivity contribution in [3.05, 3.63) is 27.1 Å². The van der Waals surface area contributed by atoms with Gasteiger partial charge in [0.05, 0.1) is 23.9 Å². The standard InChI is InChI=1S/C25H38N4O2S/c1-16(2)12-29-15-26-24-23(25(29)30)21-6-5-20(11-22(21)32-24)27-9-7-19(8-10-27)28-13-17(3)31-18(4)14-28/h15-20H,5-14H2,1-4H3/t17-,18+,20?. The lowest BCUT2D eigenvalue weighted by Crippen LogP contribution is -2.54. The minimum atomic E-state index is 0.162. The third kappa shape index (κ3) is 4.41. The van der Waals surface area contributed by atoms with Crippen LogP contribution in [0.3, 0.4) is 0 Å². The second-order valence-corrected chi connectivity index (χ2v) is 11.7. The van der Waals surface area contributed by atoms with Crippen LogP contribution in [0.2, 0.25) is 0 Å². The molecule has 2 saturated heterocycles. The number of thiophene rings is 1. The number of piperidine rings is 1. The highest BCUT2D eigenvalue weighted by Crippen LogP contribution is 2.36. The lowest BCUT2D eigenvalue weighted by Gasteiger charge is -2.45. The number of likely N-dealkylation sites (tertiary alicyclic amines) is 1. The smallest absolute Gasteiger partial charge is 0.262 e. The number of fused-ring (bicyclic) bond motifs is 3. The predicted molar refractivity (Wildman–Crippen MR) is 131 cm³/mol. The summed E-state index contributed by atoms with van der Waals surface area (Å²) in [5.41, 5.74) is 1.46. The van der Waals surface area contributed by atoms with Crippen LogP contribution in [0.15, 0.2) is 11.1 Å². The first-order chi connectivity index (χ1) is 15.4. The van der Waals surface area contributed by atoms with Crippen LogP contribution in [0.4, 0.5) is 0 Å². The second-order valence-electron chi connectivity index (χ2n) is 10.7. The van der Waals surface area contributed by atoms with Gasteiger partial charge in [-0.3, -0.25) is 19.2 Å².